The Hall–Kier alpha value is -0.490. The highest BCUT2D eigenvalue weighted by Gasteiger charge is 2.27. The van der Waals surface area contributed by atoms with Gasteiger partial charge in [-0.1, -0.05) is 30.7 Å². The summed E-state index contributed by atoms with van der Waals surface area (Å²) in [7, 11) is 0. The second kappa shape index (κ2) is 3.94. The van der Waals surface area contributed by atoms with E-state index in [0.29, 0.717) is 11.3 Å². The van der Waals surface area contributed by atoms with Crippen LogP contribution in [0, 0.1) is 6.92 Å². The lowest BCUT2D eigenvalue weighted by atomic mass is 9.95. The van der Waals surface area contributed by atoms with Gasteiger partial charge in [-0.3, -0.25) is 0 Å². The molecule has 0 fully saturated rings. The Morgan fingerprint density at radius 2 is 2.29 bits per heavy atom. The van der Waals surface area contributed by atoms with Gasteiger partial charge in [-0.2, -0.15) is 0 Å². The molecule has 1 aromatic rings. The van der Waals surface area contributed by atoms with Gasteiger partial charge in [0.15, 0.2) is 0 Å². The standard InChI is InChI=1S/C13H17Cl/c1-3-13(14)11-7-6-10-5-4-9(2)8-12(10)11/h4-5,8,11,13H,3,6-7H2,1-2H3. The molecule has 0 nitrogen and oxygen atoms in total. The van der Waals surface area contributed by atoms with Crippen molar-refractivity contribution in [1.29, 1.82) is 0 Å². The monoisotopic (exact) mass is 208 g/mol. The third-order valence-corrected chi connectivity index (χ3v) is 3.86. The van der Waals surface area contributed by atoms with E-state index in [1.165, 1.54) is 29.5 Å². The lowest BCUT2D eigenvalue weighted by Crippen LogP contribution is -2.08. The molecule has 0 bridgehead atoms. The van der Waals surface area contributed by atoms with Crippen LogP contribution in [0.5, 0.6) is 0 Å². The first kappa shape index (κ1) is 10.0. The van der Waals surface area contributed by atoms with E-state index in [9.17, 15) is 0 Å². The SMILES string of the molecule is CCC(Cl)C1CCc2ccc(C)cc21. The normalized spacial score (nSPS) is 22.1. The van der Waals surface area contributed by atoms with Crippen LogP contribution >= 0.6 is 11.6 Å². The minimum absolute atomic E-state index is 0.318. The van der Waals surface area contributed by atoms with E-state index in [1.807, 2.05) is 0 Å². The second-order valence-corrected chi connectivity index (χ2v) is 4.83. The molecule has 0 aromatic heterocycles. The molecule has 1 heteroatoms. The van der Waals surface area contributed by atoms with Crippen LogP contribution < -0.4 is 0 Å². The van der Waals surface area contributed by atoms with Gasteiger partial charge < -0.3 is 0 Å². The number of halogens is 1. The van der Waals surface area contributed by atoms with E-state index in [4.69, 9.17) is 11.6 Å². The van der Waals surface area contributed by atoms with E-state index in [0.717, 1.165) is 6.42 Å². The zero-order chi connectivity index (χ0) is 10.1. The summed E-state index contributed by atoms with van der Waals surface area (Å²) in [5.41, 5.74) is 4.38. The van der Waals surface area contributed by atoms with Crippen molar-refractivity contribution in [2.75, 3.05) is 0 Å². The Morgan fingerprint density at radius 3 is 3.00 bits per heavy atom. The van der Waals surface area contributed by atoms with Gasteiger partial charge in [0.1, 0.15) is 0 Å². The molecule has 0 amide bonds. The zero-order valence-corrected chi connectivity index (χ0v) is 9.64. The van der Waals surface area contributed by atoms with Gasteiger partial charge in [0, 0.05) is 11.3 Å². The minimum atomic E-state index is 0.318. The van der Waals surface area contributed by atoms with Gasteiger partial charge >= 0.3 is 0 Å². The van der Waals surface area contributed by atoms with Crippen molar-refractivity contribution in [2.24, 2.45) is 0 Å². The van der Waals surface area contributed by atoms with Crippen LogP contribution in [0.4, 0.5) is 0 Å². The van der Waals surface area contributed by atoms with Gasteiger partial charge in [0.2, 0.25) is 0 Å². The third-order valence-electron chi connectivity index (χ3n) is 3.25. The quantitative estimate of drug-likeness (QED) is 0.644. The molecule has 1 aliphatic rings. The molecule has 0 saturated carbocycles. The number of benzene rings is 1. The molecule has 2 unspecified atom stereocenters. The predicted octanol–water partition coefficient (Wildman–Crippen LogP) is 4.04. The fraction of sp³-hybridized carbons (Fsp3) is 0.538. The number of rotatable bonds is 2. The zero-order valence-electron chi connectivity index (χ0n) is 8.89. The van der Waals surface area contributed by atoms with Gasteiger partial charge in [0.25, 0.3) is 0 Å². The highest BCUT2D eigenvalue weighted by Crippen LogP contribution is 2.38. The van der Waals surface area contributed by atoms with Gasteiger partial charge in [-0.05, 0) is 37.3 Å². The van der Waals surface area contributed by atoms with E-state index in [-0.39, 0.29) is 0 Å². The van der Waals surface area contributed by atoms with Crippen molar-refractivity contribution in [1.82, 2.24) is 0 Å². The van der Waals surface area contributed by atoms with Crippen molar-refractivity contribution in [3.8, 4) is 0 Å². The molecule has 1 aliphatic carbocycles. The van der Waals surface area contributed by atoms with Gasteiger partial charge in [-0.25, -0.2) is 0 Å². The average molecular weight is 209 g/mol. The van der Waals surface area contributed by atoms with Gasteiger partial charge in [-0.15, -0.1) is 11.6 Å². The van der Waals surface area contributed by atoms with E-state index >= 15 is 0 Å². The maximum absolute atomic E-state index is 6.35. The molecule has 0 radical (unpaired) electrons. The highest BCUT2D eigenvalue weighted by molar-refractivity contribution is 6.21. The Morgan fingerprint density at radius 1 is 1.50 bits per heavy atom. The van der Waals surface area contributed by atoms with Crippen molar-refractivity contribution in [3.63, 3.8) is 0 Å². The van der Waals surface area contributed by atoms with Crippen molar-refractivity contribution in [2.45, 2.75) is 44.4 Å². The average Bonchev–Trinajstić information content (AvgIpc) is 2.59. The fourth-order valence-corrected chi connectivity index (χ4v) is 2.68. The van der Waals surface area contributed by atoms with Crippen LogP contribution in [-0.2, 0) is 6.42 Å². The first-order valence-electron chi connectivity index (χ1n) is 5.46. The highest BCUT2D eigenvalue weighted by atomic mass is 35.5. The van der Waals surface area contributed by atoms with Crippen LogP contribution in [-0.4, -0.2) is 5.38 Å². The summed E-state index contributed by atoms with van der Waals surface area (Å²) in [6.07, 6.45) is 3.52. The second-order valence-electron chi connectivity index (χ2n) is 4.27. The summed E-state index contributed by atoms with van der Waals surface area (Å²) in [5.74, 6) is 0.594. The lowest BCUT2D eigenvalue weighted by molar-refractivity contribution is 0.617. The first-order chi connectivity index (χ1) is 6.72. The van der Waals surface area contributed by atoms with Crippen LogP contribution in [0.3, 0.4) is 0 Å². The largest absolute Gasteiger partial charge is 0.122 e. The lowest BCUT2D eigenvalue weighted by Gasteiger charge is -2.16. The maximum Gasteiger partial charge on any atom is 0.0402 e. The maximum atomic E-state index is 6.35. The molecular weight excluding hydrogens is 192 g/mol. The van der Waals surface area contributed by atoms with E-state index < -0.39 is 0 Å². The molecule has 2 rings (SSSR count). The fourth-order valence-electron chi connectivity index (χ4n) is 2.41. The van der Waals surface area contributed by atoms with Crippen LogP contribution in [0.25, 0.3) is 0 Å². The molecule has 14 heavy (non-hydrogen) atoms. The summed E-state index contributed by atoms with van der Waals surface area (Å²) >= 11 is 6.35. The summed E-state index contributed by atoms with van der Waals surface area (Å²) in [4.78, 5) is 0. The Balaban J connectivity index is 2.33. The number of fused-ring (bicyclic) bond motifs is 1. The number of aryl methyl sites for hydroxylation is 2. The summed E-state index contributed by atoms with van der Waals surface area (Å²) in [5, 5.41) is 0.318. The Bertz CT molecular complexity index is 330. The van der Waals surface area contributed by atoms with Crippen molar-refractivity contribution >= 4 is 11.6 Å². The van der Waals surface area contributed by atoms with E-state index in [2.05, 4.69) is 32.0 Å². The number of hydrogen-bond donors (Lipinski definition) is 0. The minimum Gasteiger partial charge on any atom is -0.122 e. The van der Waals surface area contributed by atoms with Crippen LogP contribution in [0.15, 0.2) is 18.2 Å². The van der Waals surface area contributed by atoms with Crippen molar-refractivity contribution in [3.05, 3.63) is 34.9 Å². The molecule has 2 atom stereocenters. The third kappa shape index (κ3) is 1.68. The summed E-state index contributed by atoms with van der Waals surface area (Å²) < 4.78 is 0. The number of alkyl halides is 1. The Kier molecular flexibility index (Phi) is 2.83. The first-order valence-corrected chi connectivity index (χ1v) is 5.89. The smallest absolute Gasteiger partial charge is 0.0402 e. The van der Waals surface area contributed by atoms with Crippen LogP contribution in [0.1, 0.15) is 42.4 Å². The molecule has 76 valence electrons. The van der Waals surface area contributed by atoms with Crippen molar-refractivity contribution < 1.29 is 0 Å². The molecule has 0 saturated heterocycles. The molecular formula is C13H17Cl. The van der Waals surface area contributed by atoms with Crippen LogP contribution in [0.2, 0.25) is 0 Å². The Labute approximate surface area is 91.3 Å². The topological polar surface area (TPSA) is 0 Å². The molecule has 0 spiro atoms. The van der Waals surface area contributed by atoms with Gasteiger partial charge in [0.05, 0.1) is 0 Å². The molecule has 0 aliphatic heterocycles. The molecule has 0 heterocycles. The molecule has 1 aromatic carbocycles. The summed E-state index contributed by atoms with van der Waals surface area (Å²) in [6, 6.07) is 6.79. The number of hydrogen-bond acceptors (Lipinski definition) is 0. The predicted molar refractivity (Wildman–Crippen MR) is 62.2 cm³/mol. The molecule has 0 N–H and O–H groups in total. The van der Waals surface area contributed by atoms with E-state index in [1.54, 1.807) is 0 Å². The summed E-state index contributed by atoms with van der Waals surface area (Å²) in [6.45, 7) is 4.33.